The molecule has 0 N–H and O–H groups in total. The summed E-state index contributed by atoms with van der Waals surface area (Å²) in [5, 5.41) is 0. The smallest absolute Gasteiger partial charge is 0.228 e. The van der Waals surface area contributed by atoms with Gasteiger partial charge >= 0.3 is 0 Å². The van der Waals surface area contributed by atoms with Crippen molar-refractivity contribution in [3.63, 3.8) is 0 Å². The zero-order valence-corrected chi connectivity index (χ0v) is 15.6. The van der Waals surface area contributed by atoms with E-state index in [9.17, 15) is 9.59 Å². The van der Waals surface area contributed by atoms with Gasteiger partial charge in [-0.2, -0.15) is 0 Å². The molecule has 0 radical (unpaired) electrons. The summed E-state index contributed by atoms with van der Waals surface area (Å²) in [5.41, 5.74) is 1.99. The molecule has 4 heteroatoms. The van der Waals surface area contributed by atoms with Gasteiger partial charge in [0, 0.05) is 31.6 Å². The van der Waals surface area contributed by atoms with Crippen molar-refractivity contribution in [1.82, 2.24) is 9.80 Å². The Kier molecular flexibility index (Phi) is 5.68. The molecule has 1 fully saturated rings. The minimum Gasteiger partial charge on any atom is -0.339 e. The zero-order chi connectivity index (χ0) is 17.9. The average molecular weight is 330 g/mol. The van der Waals surface area contributed by atoms with E-state index >= 15 is 0 Å². The Hall–Kier alpha value is -1.84. The van der Waals surface area contributed by atoms with Gasteiger partial charge in [0.15, 0.2) is 0 Å². The number of amides is 2. The summed E-state index contributed by atoms with van der Waals surface area (Å²) >= 11 is 0. The number of carbonyl (C=O) groups excluding carboxylic acids is 2. The number of piperazine rings is 1. The Labute approximate surface area is 145 Å². The molecule has 2 rings (SSSR count). The van der Waals surface area contributed by atoms with Crippen molar-refractivity contribution in [2.45, 2.75) is 47.0 Å². The number of carbonyl (C=O) groups is 2. The van der Waals surface area contributed by atoms with E-state index in [1.807, 2.05) is 42.7 Å². The van der Waals surface area contributed by atoms with Crippen LogP contribution in [0.5, 0.6) is 0 Å². The van der Waals surface area contributed by atoms with Crippen molar-refractivity contribution < 1.29 is 9.59 Å². The highest BCUT2D eigenvalue weighted by Crippen LogP contribution is 2.19. The number of hydrogen-bond donors (Lipinski definition) is 0. The van der Waals surface area contributed by atoms with Gasteiger partial charge in [-0.3, -0.25) is 9.59 Å². The van der Waals surface area contributed by atoms with Gasteiger partial charge in [0.2, 0.25) is 11.8 Å². The van der Waals surface area contributed by atoms with E-state index in [-0.39, 0.29) is 17.2 Å². The summed E-state index contributed by atoms with van der Waals surface area (Å²) in [4.78, 5) is 28.5. The molecule has 0 atom stereocenters. The molecule has 0 saturated carbocycles. The van der Waals surface area contributed by atoms with Crippen molar-refractivity contribution in [3.05, 3.63) is 35.4 Å². The third-order valence-corrected chi connectivity index (χ3v) is 4.56. The zero-order valence-electron chi connectivity index (χ0n) is 15.6. The fraction of sp³-hybridized carbons (Fsp3) is 0.600. The SMILES string of the molecule is CC(C)c1ccc(CC(=O)N2CCN(C(=O)C(C)(C)C)CC2)cc1. The monoisotopic (exact) mass is 330 g/mol. The van der Waals surface area contributed by atoms with Crippen molar-refractivity contribution in [3.8, 4) is 0 Å². The van der Waals surface area contributed by atoms with E-state index in [2.05, 4.69) is 26.0 Å². The fourth-order valence-corrected chi connectivity index (χ4v) is 2.94. The van der Waals surface area contributed by atoms with Crippen LogP contribution in [0, 0.1) is 5.41 Å². The standard InChI is InChI=1S/C20H30N2O2/c1-15(2)17-8-6-16(7-9-17)14-18(23)21-10-12-22(13-11-21)19(24)20(3,4)5/h6-9,15H,10-14H2,1-5H3. The van der Waals surface area contributed by atoms with E-state index in [4.69, 9.17) is 0 Å². The molecule has 0 spiro atoms. The molecule has 132 valence electrons. The predicted octanol–water partition coefficient (Wildman–Crippen LogP) is 3.07. The van der Waals surface area contributed by atoms with Crippen LogP contribution in [0.2, 0.25) is 0 Å². The van der Waals surface area contributed by atoms with Gasteiger partial charge in [0.05, 0.1) is 6.42 Å². The van der Waals surface area contributed by atoms with E-state index < -0.39 is 0 Å². The van der Waals surface area contributed by atoms with Crippen LogP contribution in [0.25, 0.3) is 0 Å². The highest BCUT2D eigenvalue weighted by molar-refractivity contribution is 5.82. The van der Waals surface area contributed by atoms with Gasteiger partial charge in [-0.25, -0.2) is 0 Å². The summed E-state index contributed by atoms with van der Waals surface area (Å²) in [6.45, 7) is 12.7. The second-order valence-corrected chi connectivity index (χ2v) is 8.00. The molecule has 1 aromatic rings. The van der Waals surface area contributed by atoms with Crippen LogP contribution in [-0.4, -0.2) is 47.8 Å². The molecule has 1 heterocycles. The topological polar surface area (TPSA) is 40.6 Å². The van der Waals surface area contributed by atoms with Crippen molar-refractivity contribution >= 4 is 11.8 Å². The second-order valence-electron chi connectivity index (χ2n) is 8.00. The highest BCUT2D eigenvalue weighted by Gasteiger charge is 2.30. The second kappa shape index (κ2) is 7.37. The molecule has 1 saturated heterocycles. The van der Waals surface area contributed by atoms with E-state index in [0.29, 0.717) is 38.5 Å². The Morgan fingerprint density at radius 3 is 1.92 bits per heavy atom. The lowest BCUT2D eigenvalue weighted by molar-refractivity contribution is -0.144. The van der Waals surface area contributed by atoms with Crippen LogP contribution in [0.3, 0.4) is 0 Å². The third-order valence-electron chi connectivity index (χ3n) is 4.56. The largest absolute Gasteiger partial charge is 0.339 e. The number of nitrogens with zero attached hydrogens (tertiary/aromatic N) is 2. The summed E-state index contributed by atoms with van der Waals surface area (Å²) in [7, 11) is 0. The Bertz CT molecular complexity index is 577. The van der Waals surface area contributed by atoms with E-state index in [1.165, 1.54) is 5.56 Å². The summed E-state index contributed by atoms with van der Waals surface area (Å²) < 4.78 is 0. The number of benzene rings is 1. The third kappa shape index (κ3) is 4.59. The lowest BCUT2D eigenvalue weighted by atomic mass is 9.94. The first-order valence-electron chi connectivity index (χ1n) is 8.84. The molecule has 24 heavy (non-hydrogen) atoms. The van der Waals surface area contributed by atoms with Crippen LogP contribution >= 0.6 is 0 Å². The van der Waals surface area contributed by atoms with Gasteiger partial charge in [-0.1, -0.05) is 58.9 Å². The normalized spacial score (nSPS) is 15.8. The lowest BCUT2D eigenvalue weighted by Gasteiger charge is -2.37. The number of hydrogen-bond acceptors (Lipinski definition) is 2. The van der Waals surface area contributed by atoms with Gasteiger partial charge in [0.25, 0.3) is 0 Å². The van der Waals surface area contributed by atoms with E-state index in [1.54, 1.807) is 0 Å². The molecular formula is C20H30N2O2. The van der Waals surface area contributed by atoms with Crippen molar-refractivity contribution in [2.75, 3.05) is 26.2 Å². The van der Waals surface area contributed by atoms with Crippen molar-refractivity contribution in [2.24, 2.45) is 5.41 Å². The Morgan fingerprint density at radius 2 is 1.46 bits per heavy atom. The van der Waals surface area contributed by atoms with Crippen LogP contribution in [0.15, 0.2) is 24.3 Å². The maximum atomic E-state index is 12.5. The molecule has 2 amide bonds. The molecule has 1 aromatic carbocycles. The maximum Gasteiger partial charge on any atom is 0.228 e. The Balaban J connectivity index is 1.88. The number of rotatable bonds is 3. The molecule has 1 aliphatic heterocycles. The summed E-state index contributed by atoms with van der Waals surface area (Å²) in [5.74, 6) is 0.817. The highest BCUT2D eigenvalue weighted by atomic mass is 16.2. The first-order chi connectivity index (χ1) is 11.2. The Morgan fingerprint density at radius 1 is 0.958 bits per heavy atom. The van der Waals surface area contributed by atoms with Crippen LogP contribution in [0.1, 0.15) is 51.7 Å². The molecule has 4 nitrogen and oxygen atoms in total. The van der Waals surface area contributed by atoms with Crippen LogP contribution < -0.4 is 0 Å². The lowest BCUT2D eigenvalue weighted by Crippen LogP contribution is -2.53. The minimum absolute atomic E-state index is 0.148. The summed E-state index contributed by atoms with van der Waals surface area (Å²) in [6.07, 6.45) is 0.436. The first-order valence-corrected chi connectivity index (χ1v) is 8.84. The average Bonchev–Trinajstić information content (AvgIpc) is 2.54. The van der Waals surface area contributed by atoms with Crippen LogP contribution in [-0.2, 0) is 16.0 Å². The predicted molar refractivity (Wildman–Crippen MR) is 96.9 cm³/mol. The van der Waals surface area contributed by atoms with E-state index in [0.717, 1.165) is 5.56 Å². The fourth-order valence-electron chi connectivity index (χ4n) is 2.94. The molecule has 0 aliphatic carbocycles. The minimum atomic E-state index is -0.357. The van der Waals surface area contributed by atoms with Gasteiger partial charge in [-0.05, 0) is 17.0 Å². The van der Waals surface area contributed by atoms with Gasteiger partial charge in [0.1, 0.15) is 0 Å². The first kappa shape index (κ1) is 18.5. The molecule has 1 aliphatic rings. The quantitative estimate of drug-likeness (QED) is 0.854. The molecule has 0 unspecified atom stereocenters. The molecule has 0 aromatic heterocycles. The summed E-state index contributed by atoms with van der Waals surface area (Å²) in [6, 6.07) is 8.31. The van der Waals surface area contributed by atoms with Gasteiger partial charge in [-0.15, -0.1) is 0 Å². The molecule has 0 bridgehead atoms. The van der Waals surface area contributed by atoms with Crippen LogP contribution in [0.4, 0.5) is 0 Å². The van der Waals surface area contributed by atoms with Crippen molar-refractivity contribution in [1.29, 1.82) is 0 Å². The molecular weight excluding hydrogens is 300 g/mol. The maximum absolute atomic E-state index is 12.5. The van der Waals surface area contributed by atoms with Gasteiger partial charge < -0.3 is 9.80 Å².